The molecular formula is C21H25Cl2N7O2. The Labute approximate surface area is 196 Å². The summed E-state index contributed by atoms with van der Waals surface area (Å²) in [5.41, 5.74) is 7.41. The Bertz CT molecular complexity index is 1030. The number of rotatable bonds is 5. The number of nitrogens with one attached hydrogen (secondary N) is 2. The highest BCUT2D eigenvalue weighted by Crippen LogP contribution is 2.30. The maximum absolute atomic E-state index is 12.6. The molecule has 2 aromatic rings. The van der Waals surface area contributed by atoms with Gasteiger partial charge in [0.25, 0.3) is 0 Å². The number of nitrogen functional groups attached to an aromatic ring is 1. The maximum atomic E-state index is 12.6. The van der Waals surface area contributed by atoms with E-state index in [9.17, 15) is 9.59 Å². The number of hydrogen-bond acceptors (Lipinski definition) is 7. The van der Waals surface area contributed by atoms with Gasteiger partial charge in [0, 0.05) is 42.6 Å². The fourth-order valence-electron chi connectivity index (χ4n) is 3.93. The van der Waals surface area contributed by atoms with Gasteiger partial charge in [0.2, 0.25) is 17.8 Å². The van der Waals surface area contributed by atoms with Crippen molar-refractivity contribution in [3.05, 3.63) is 40.0 Å². The molecule has 1 aromatic heterocycles. The van der Waals surface area contributed by atoms with Crippen LogP contribution in [0.25, 0.3) is 0 Å². The zero-order valence-electron chi connectivity index (χ0n) is 17.6. The van der Waals surface area contributed by atoms with Crippen molar-refractivity contribution in [2.24, 2.45) is 0 Å². The molecule has 0 spiro atoms. The van der Waals surface area contributed by atoms with E-state index in [0.717, 1.165) is 5.56 Å². The third-order valence-corrected chi connectivity index (χ3v) is 6.32. The van der Waals surface area contributed by atoms with Crippen LogP contribution < -0.4 is 21.3 Å². The van der Waals surface area contributed by atoms with E-state index < -0.39 is 6.04 Å². The molecule has 32 heavy (non-hydrogen) atoms. The van der Waals surface area contributed by atoms with Crippen molar-refractivity contribution >= 4 is 52.5 Å². The van der Waals surface area contributed by atoms with Crippen molar-refractivity contribution in [2.45, 2.75) is 31.8 Å². The van der Waals surface area contributed by atoms with Crippen LogP contribution >= 0.6 is 23.2 Å². The smallest absolute Gasteiger partial charge is 0.245 e. The molecular weight excluding hydrogens is 453 g/mol. The quantitative estimate of drug-likeness (QED) is 0.605. The number of carbonyl (C=O) groups is 2. The van der Waals surface area contributed by atoms with Crippen molar-refractivity contribution in [3.63, 3.8) is 0 Å². The summed E-state index contributed by atoms with van der Waals surface area (Å²) in [5.74, 6) is 0.967. The minimum atomic E-state index is -0.404. The first-order valence-corrected chi connectivity index (χ1v) is 11.2. The summed E-state index contributed by atoms with van der Waals surface area (Å²) < 4.78 is 0. The molecule has 2 aliphatic heterocycles. The first-order valence-electron chi connectivity index (χ1n) is 10.5. The molecule has 0 aliphatic carbocycles. The van der Waals surface area contributed by atoms with Crippen LogP contribution in [-0.4, -0.2) is 58.9 Å². The predicted molar refractivity (Wildman–Crippen MR) is 125 cm³/mol. The van der Waals surface area contributed by atoms with Crippen molar-refractivity contribution in [1.82, 2.24) is 20.2 Å². The molecule has 2 aliphatic rings. The summed E-state index contributed by atoms with van der Waals surface area (Å²) in [6.45, 7) is 4.22. The van der Waals surface area contributed by atoms with E-state index in [0.29, 0.717) is 66.5 Å². The average Bonchev–Trinajstić information content (AvgIpc) is 3.21. The van der Waals surface area contributed by atoms with Gasteiger partial charge >= 0.3 is 0 Å². The van der Waals surface area contributed by atoms with E-state index >= 15 is 0 Å². The molecule has 2 atom stereocenters. The van der Waals surface area contributed by atoms with Gasteiger partial charge in [0.15, 0.2) is 5.82 Å². The molecule has 9 nitrogen and oxygen atoms in total. The van der Waals surface area contributed by atoms with Gasteiger partial charge in [0.05, 0.1) is 17.9 Å². The molecule has 11 heteroatoms. The van der Waals surface area contributed by atoms with Crippen LogP contribution in [0.3, 0.4) is 0 Å². The Hall–Kier alpha value is -2.78. The summed E-state index contributed by atoms with van der Waals surface area (Å²) >= 11 is 12.3. The summed E-state index contributed by atoms with van der Waals surface area (Å²) in [5, 5.41) is 7.17. The number of piperazine rings is 1. The van der Waals surface area contributed by atoms with Crippen LogP contribution in [0.1, 0.15) is 31.4 Å². The van der Waals surface area contributed by atoms with E-state index in [1.54, 1.807) is 23.2 Å². The minimum Gasteiger partial charge on any atom is -0.394 e. The van der Waals surface area contributed by atoms with Gasteiger partial charge in [-0.3, -0.25) is 9.59 Å². The molecule has 2 amide bonds. The Morgan fingerprint density at radius 3 is 2.69 bits per heavy atom. The normalized spacial score (nSPS) is 19.6. The van der Waals surface area contributed by atoms with Gasteiger partial charge < -0.3 is 26.2 Å². The predicted octanol–water partition coefficient (Wildman–Crippen LogP) is 2.47. The van der Waals surface area contributed by atoms with Gasteiger partial charge in [-0.05, 0) is 31.0 Å². The van der Waals surface area contributed by atoms with E-state index in [1.807, 2.05) is 17.9 Å². The molecule has 0 radical (unpaired) electrons. The van der Waals surface area contributed by atoms with E-state index in [1.165, 1.54) is 0 Å². The highest BCUT2D eigenvalue weighted by molar-refractivity contribution is 6.35. The van der Waals surface area contributed by atoms with E-state index in [2.05, 4.69) is 20.6 Å². The number of benzene rings is 1. The zero-order valence-corrected chi connectivity index (χ0v) is 19.2. The SMILES string of the molecule is C[C@@H](Nc1nc(N2CCN(C(=O)[C@H]3CCC(=O)N3)CC2)ncc1N)c1ccc(Cl)cc1Cl. The fourth-order valence-corrected chi connectivity index (χ4v) is 4.50. The lowest BCUT2D eigenvalue weighted by molar-refractivity contribution is -0.134. The second-order valence-electron chi connectivity index (χ2n) is 7.98. The topological polar surface area (TPSA) is 116 Å². The van der Waals surface area contributed by atoms with Gasteiger partial charge in [-0.25, -0.2) is 4.98 Å². The largest absolute Gasteiger partial charge is 0.394 e. The van der Waals surface area contributed by atoms with Crippen molar-refractivity contribution in [2.75, 3.05) is 42.1 Å². The second-order valence-corrected chi connectivity index (χ2v) is 8.82. The number of nitrogens with zero attached hydrogens (tertiary/aromatic N) is 4. The first-order chi connectivity index (χ1) is 15.3. The van der Waals surface area contributed by atoms with Crippen LogP contribution in [0.2, 0.25) is 10.0 Å². The van der Waals surface area contributed by atoms with Crippen LogP contribution in [0.4, 0.5) is 17.5 Å². The number of nitrogens with two attached hydrogens (primary N) is 1. The maximum Gasteiger partial charge on any atom is 0.245 e. The van der Waals surface area contributed by atoms with Crippen LogP contribution in [0, 0.1) is 0 Å². The molecule has 3 heterocycles. The molecule has 2 fully saturated rings. The molecule has 2 saturated heterocycles. The standard InChI is InChI=1S/C21H25Cl2N7O2/c1-12(14-3-2-13(22)10-15(14)23)26-19-16(24)11-25-21(28-19)30-8-6-29(7-9-30)20(32)17-4-5-18(31)27-17/h2-3,10-12,17H,4-9,24H2,1H3,(H,27,31)(H,25,26,28)/t12-,17-/m1/s1. The third-order valence-electron chi connectivity index (χ3n) is 5.75. The van der Waals surface area contributed by atoms with Gasteiger partial charge in [-0.2, -0.15) is 4.98 Å². The van der Waals surface area contributed by atoms with Crippen molar-refractivity contribution < 1.29 is 9.59 Å². The van der Waals surface area contributed by atoms with Crippen LogP contribution in [-0.2, 0) is 9.59 Å². The lowest BCUT2D eigenvalue weighted by Gasteiger charge is -2.36. The molecule has 4 N–H and O–H groups in total. The molecule has 0 bridgehead atoms. The average molecular weight is 478 g/mol. The van der Waals surface area contributed by atoms with E-state index in [4.69, 9.17) is 28.9 Å². The number of halogens is 2. The number of hydrogen-bond donors (Lipinski definition) is 3. The minimum absolute atomic E-state index is 0.0234. The third kappa shape index (κ3) is 4.83. The molecule has 170 valence electrons. The van der Waals surface area contributed by atoms with Crippen molar-refractivity contribution in [3.8, 4) is 0 Å². The molecule has 4 rings (SSSR count). The Balaban J connectivity index is 1.40. The van der Waals surface area contributed by atoms with E-state index in [-0.39, 0.29) is 17.9 Å². The number of carbonyl (C=O) groups excluding carboxylic acids is 2. The Morgan fingerprint density at radius 2 is 2.03 bits per heavy atom. The van der Waals surface area contributed by atoms with Gasteiger partial charge in [-0.1, -0.05) is 29.3 Å². The second kappa shape index (κ2) is 9.38. The number of anilines is 3. The summed E-state index contributed by atoms with van der Waals surface area (Å²) in [4.78, 5) is 36.8. The van der Waals surface area contributed by atoms with Crippen LogP contribution in [0.15, 0.2) is 24.4 Å². The first kappa shape index (κ1) is 22.4. The molecule has 0 unspecified atom stereocenters. The summed E-state index contributed by atoms with van der Waals surface area (Å²) in [7, 11) is 0. The van der Waals surface area contributed by atoms with Crippen molar-refractivity contribution in [1.29, 1.82) is 0 Å². The Morgan fingerprint density at radius 1 is 1.28 bits per heavy atom. The number of aromatic nitrogens is 2. The lowest BCUT2D eigenvalue weighted by Crippen LogP contribution is -2.53. The monoisotopic (exact) mass is 477 g/mol. The zero-order chi connectivity index (χ0) is 22.8. The van der Waals surface area contributed by atoms with Gasteiger partial charge in [-0.15, -0.1) is 0 Å². The highest BCUT2D eigenvalue weighted by atomic mass is 35.5. The lowest BCUT2D eigenvalue weighted by atomic mass is 10.1. The molecule has 0 saturated carbocycles. The summed E-state index contributed by atoms with van der Waals surface area (Å²) in [6, 6.07) is 4.79. The van der Waals surface area contributed by atoms with Gasteiger partial charge in [0.1, 0.15) is 6.04 Å². The number of amides is 2. The Kier molecular flexibility index (Phi) is 6.57. The highest BCUT2D eigenvalue weighted by Gasteiger charge is 2.32. The summed E-state index contributed by atoms with van der Waals surface area (Å²) in [6.07, 6.45) is 2.54. The van der Waals surface area contributed by atoms with Crippen LogP contribution in [0.5, 0.6) is 0 Å². The fraction of sp³-hybridized carbons (Fsp3) is 0.429. The molecule has 1 aromatic carbocycles.